The summed E-state index contributed by atoms with van der Waals surface area (Å²) in [6, 6.07) is 10.5. The van der Waals surface area contributed by atoms with Crippen molar-refractivity contribution in [3.05, 3.63) is 59.0 Å². The summed E-state index contributed by atoms with van der Waals surface area (Å²) in [7, 11) is 0. The maximum atomic E-state index is 12.7. The van der Waals surface area contributed by atoms with Crippen molar-refractivity contribution in [3.8, 4) is 5.69 Å². The summed E-state index contributed by atoms with van der Waals surface area (Å²) in [6.45, 7) is 4.86. The Morgan fingerprint density at radius 3 is 2.40 bits per heavy atom. The number of anilines is 1. The van der Waals surface area contributed by atoms with Crippen molar-refractivity contribution >= 4 is 23.5 Å². The molecule has 0 spiro atoms. The molecule has 158 valence electrons. The van der Waals surface area contributed by atoms with Gasteiger partial charge in [-0.3, -0.25) is 19.0 Å². The fraction of sp³-hybridized carbons (Fsp3) is 0.333. The standard InChI is InChI=1S/C21H23N3O6/c1-21(2,3)29-20(28)30-24-13-16(25)12-17(24)19(27)22-14-7-9-15(10-8-14)23-11-5-4-6-18(23)26/h4-11,17H,12-13H2,1-3H3,(H,22,27)/t17-/m1/s1. The maximum Gasteiger partial charge on any atom is 0.528 e. The van der Waals surface area contributed by atoms with Crippen molar-refractivity contribution in [3.63, 3.8) is 0 Å². The summed E-state index contributed by atoms with van der Waals surface area (Å²) in [5.41, 5.74) is 0.184. The molecule has 0 bridgehead atoms. The predicted octanol–water partition coefficient (Wildman–Crippen LogP) is 2.29. The van der Waals surface area contributed by atoms with Gasteiger partial charge in [-0.1, -0.05) is 6.07 Å². The minimum atomic E-state index is -0.979. The lowest BCUT2D eigenvalue weighted by atomic mass is 10.2. The van der Waals surface area contributed by atoms with E-state index in [1.165, 1.54) is 10.6 Å². The van der Waals surface area contributed by atoms with Gasteiger partial charge in [-0.15, -0.1) is 5.06 Å². The fourth-order valence-electron chi connectivity index (χ4n) is 2.92. The first-order valence-electron chi connectivity index (χ1n) is 9.41. The molecule has 1 aromatic heterocycles. The first-order valence-corrected chi connectivity index (χ1v) is 9.41. The van der Waals surface area contributed by atoms with Gasteiger partial charge in [0.25, 0.3) is 5.56 Å². The Bertz CT molecular complexity index is 1010. The SMILES string of the molecule is CC(C)(C)OC(=O)ON1CC(=O)C[C@@H]1C(=O)Nc1ccc(-n2ccccc2=O)cc1. The van der Waals surface area contributed by atoms with Crippen molar-refractivity contribution < 1.29 is 24.0 Å². The number of hydrogen-bond acceptors (Lipinski definition) is 7. The molecule has 0 unspecified atom stereocenters. The minimum absolute atomic E-state index is 0.0773. The Balaban J connectivity index is 1.66. The van der Waals surface area contributed by atoms with Crippen LogP contribution in [0.5, 0.6) is 0 Å². The third-order valence-corrected chi connectivity index (χ3v) is 4.22. The van der Waals surface area contributed by atoms with Crippen LogP contribution in [-0.2, 0) is 19.2 Å². The van der Waals surface area contributed by atoms with Crippen molar-refractivity contribution in [1.29, 1.82) is 0 Å². The van der Waals surface area contributed by atoms with Crippen LogP contribution in [0.4, 0.5) is 10.5 Å². The second-order valence-corrected chi connectivity index (χ2v) is 7.83. The van der Waals surface area contributed by atoms with Crippen molar-refractivity contribution in [1.82, 2.24) is 9.63 Å². The molecule has 9 nitrogen and oxygen atoms in total. The van der Waals surface area contributed by atoms with Gasteiger partial charge in [-0.05, 0) is 51.1 Å². The molecule has 30 heavy (non-hydrogen) atoms. The number of carbonyl (C=O) groups is 3. The maximum absolute atomic E-state index is 12.7. The summed E-state index contributed by atoms with van der Waals surface area (Å²) < 4.78 is 6.54. The number of nitrogens with zero attached hydrogens (tertiary/aromatic N) is 2. The van der Waals surface area contributed by atoms with Crippen molar-refractivity contribution in [2.45, 2.75) is 38.8 Å². The lowest BCUT2D eigenvalue weighted by molar-refractivity contribution is -0.160. The van der Waals surface area contributed by atoms with Crippen LogP contribution in [0.15, 0.2) is 53.5 Å². The van der Waals surface area contributed by atoms with E-state index in [0.29, 0.717) is 11.4 Å². The number of aromatic nitrogens is 1. The molecule has 0 radical (unpaired) electrons. The highest BCUT2D eigenvalue weighted by Crippen LogP contribution is 2.20. The average Bonchev–Trinajstić information content (AvgIpc) is 3.01. The van der Waals surface area contributed by atoms with Crippen LogP contribution < -0.4 is 10.9 Å². The minimum Gasteiger partial charge on any atom is -0.427 e. The molecule has 0 saturated carbocycles. The van der Waals surface area contributed by atoms with Crippen LogP contribution in [-0.4, -0.2) is 45.7 Å². The normalized spacial score (nSPS) is 16.9. The van der Waals surface area contributed by atoms with Crippen molar-refractivity contribution in [2.75, 3.05) is 11.9 Å². The van der Waals surface area contributed by atoms with Crippen LogP contribution in [0.1, 0.15) is 27.2 Å². The van der Waals surface area contributed by atoms with Gasteiger partial charge in [0.1, 0.15) is 11.6 Å². The van der Waals surface area contributed by atoms with E-state index in [0.717, 1.165) is 5.06 Å². The van der Waals surface area contributed by atoms with Gasteiger partial charge in [0.2, 0.25) is 5.91 Å². The predicted molar refractivity (Wildman–Crippen MR) is 108 cm³/mol. The number of hydrogen-bond donors (Lipinski definition) is 1. The van der Waals surface area contributed by atoms with Gasteiger partial charge in [-0.25, -0.2) is 4.79 Å². The number of nitrogens with one attached hydrogen (secondary N) is 1. The lowest BCUT2D eigenvalue weighted by Crippen LogP contribution is -2.41. The summed E-state index contributed by atoms with van der Waals surface area (Å²) in [4.78, 5) is 53.4. The Kier molecular flexibility index (Phi) is 6.02. The molecule has 1 saturated heterocycles. The van der Waals surface area contributed by atoms with Gasteiger partial charge in [0.15, 0.2) is 5.78 Å². The number of Topliss-reactive ketones (excluding diaryl/α,β-unsaturated/α-hetero) is 1. The number of ketones is 1. The molecular weight excluding hydrogens is 390 g/mol. The van der Waals surface area contributed by atoms with E-state index >= 15 is 0 Å². The molecule has 9 heteroatoms. The molecule has 1 atom stereocenters. The smallest absolute Gasteiger partial charge is 0.427 e. The van der Waals surface area contributed by atoms with E-state index in [9.17, 15) is 19.2 Å². The highest BCUT2D eigenvalue weighted by molar-refractivity contribution is 6.00. The Morgan fingerprint density at radius 1 is 1.07 bits per heavy atom. The molecule has 2 heterocycles. The van der Waals surface area contributed by atoms with Gasteiger partial charge in [-0.2, -0.15) is 0 Å². The van der Waals surface area contributed by atoms with Crippen molar-refractivity contribution in [2.24, 2.45) is 0 Å². The first kappa shape index (κ1) is 21.3. The molecule has 1 fully saturated rings. The molecular formula is C21H23N3O6. The van der Waals surface area contributed by atoms with Gasteiger partial charge < -0.3 is 14.9 Å². The molecule has 1 aliphatic heterocycles. The Hall–Kier alpha value is -3.46. The zero-order valence-electron chi connectivity index (χ0n) is 17.0. The second kappa shape index (κ2) is 8.50. The summed E-state index contributed by atoms with van der Waals surface area (Å²) in [5.74, 6) is -0.716. The van der Waals surface area contributed by atoms with Crippen LogP contribution in [0.25, 0.3) is 5.69 Å². The topological polar surface area (TPSA) is 107 Å². The van der Waals surface area contributed by atoms with E-state index < -0.39 is 23.7 Å². The summed E-state index contributed by atoms with van der Waals surface area (Å²) in [5, 5.41) is 3.73. The monoisotopic (exact) mass is 413 g/mol. The number of benzene rings is 1. The number of ether oxygens (including phenoxy) is 1. The largest absolute Gasteiger partial charge is 0.528 e. The molecule has 1 aliphatic rings. The van der Waals surface area contributed by atoms with Crippen LogP contribution in [0.2, 0.25) is 0 Å². The Morgan fingerprint density at radius 2 is 1.77 bits per heavy atom. The summed E-state index contributed by atoms with van der Waals surface area (Å²) in [6.07, 6.45) is 0.589. The van der Waals surface area contributed by atoms with E-state index in [-0.39, 0.29) is 24.3 Å². The quantitative estimate of drug-likeness (QED) is 0.767. The van der Waals surface area contributed by atoms with E-state index in [4.69, 9.17) is 9.57 Å². The molecule has 3 rings (SSSR count). The first-order chi connectivity index (χ1) is 14.1. The average molecular weight is 413 g/mol. The zero-order chi connectivity index (χ0) is 21.9. The summed E-state index contributed by atoms with van der Waals surface area (Å²) >= 11 is 0. The highest BCUT2D eigenvalue weighted by atomic mass is 16.8. The molecule has 2 aromatic rings. The van der Waals surface area contributed by atoms with Gasteiger partial charge in [0.05, 0.1) is 6.54 Å². The molecule has 1 aromatic carbocycles. The number of amides is 1. The van der Waals surface area contributed by atoms with E-state index in [1.54, 1.807) is 63.4 Å². The van der Waals surface area contributed by atoms with Gasteiger partial charge in [0, 0.05) is 30.1 Å². The van der Waals surface area contributed by atoms with E-state index in [1.807, 2.05) is 0 Å². The zero-order valence-corrected chi connectivity index (χ0v) is 17.0. The fourth-order valence-corrected chi connectivity index (χ4v) is 2.92. The van der Waals surface area contributed by atoms with Crippen LogP contribution in [0.3, 0.4) is 0 Å². The highest BCUT2D eigenvalue weighted by Gasteiger charge is 2.39. The number of hydroxylamine groups is 2. The Labute approximate surface area is 173 Å². The van der Waals surface area contributed by atoms with Crippen LogP contribution >= 0.6 is 0 Å². The van der Waals surface area contributed by atoms with E-state index in [2.05, 4.69) is 5.32 Å². The number of rotatable bonds is 4. The second-order valence-electron chi connectivity index (χ2n) is 7.83. The molecule has 1 N–H and O–H groups in total. The van der Waals surface area contributed by atoms with Crippen LogP contribution in [0, 0.1) is 0 Å². The van der Waals surface area contributed by atoms with Gasteiger partial charge >= 0.3 is 6.16 Å². The third kappa shape index (κ3) is 5.32. The lowest BCUT2D eigenvalue weighted by Gasteiger charge is -2.24. The number of pyridine rings is 1. The number of carbonyl (C=O) groups excluding carboxylic acids is 3. The third-order valence-electron chi connectivity index (χ3n) is 4.22. The molecule has 0 aliphatic carbocycles. The molecule has 1 amide bonds.